The van der Waals surface area contributed by atoms with Crippen LogP contribution in [0.3, 0.4) is 0 Å². The molecule has 4 nitrogen and oxygen atoms in total. The zero-order valence-corrected chi connectivity index (χ0v) is 11.5. The van der Waals surface area contributed by atoms with Gasteiger partial charge in [-0.1, -0.05) is 11.6 Å². The fourth-order valence-corrected chi connectivity index (χ4v) is 2.30. The van der Waals surface area contributed by atoms with Crippen molar-refractivity contribution in [1.29, 1.82) is 0 Å². The molecule has 1 aliphatic heterocycles. The Morgan fingerprint density at radius 3 is 3.11 bits per heavy atom. The number of halogens is 2. The van der Waals surface area contributed by atoms with Crippen molar-refractivity contribution in [3.05, 3.63) is 29.0 Å². The van der Waals surface area contributed by atoms with Gasteiger partial charge in [0, 0.05) is 25.7 Å². The molecule has 19 heavy (non-hydrogen) atoms. The van der Waals surface area contributed by atoms with E-state index >= 15 is 0 Å². The lowest BCUT2D eigenvalue weighted by Gasteiger charge is -2.33. The van der Waals surface area contributed by atoms with Crippen LogP contribution >= 0.6 is 11.6 Å². The summed E-state index contributed by atoms with van der Waals surface area (Å²) in [5.41, 5.74) is 0.441. The van der Waals surface area contributed by atoms with Gasteiger partial charge in [0.2, 0.25) is 5.91 Å². The Morgan fingerprint density at radius 2 is 2.42 bits per heavy atom. The predicted molar refractivity (Wildman–Crippen MR) is 73.9 cm³/mol. The Hall–Kier alpha value is -1.17. The smallest absolute Gasteiger partial charge is 0.238 e. The van der Waals surface area contributed by atoms with Gasteiger partial charge in [-0.15, -0.1) is 0 Å². The van der Waals surface area contributed by atoms with E-state index in [0.29, 0.717) is 18.3 Å². The molecule has 1 amide bonds. The molecule has 1 saturated heterocycles. The fraction of sp³-hybridized carbons (Fsp3) is 0.462. The number of carbonyl (C=O) groups is 1. The van der Waals surface area contributed by atoms with Crippen LogP contribution in [-0.2, 0) is 4.79 Å². The Labute approximate surface area is 116 Å². The Morgan fingerprint density at radius 1 is 1.63 bits per heavy atom. The molecule has 1 aliphatic rings. The van der Waals surface area contributed by atoms with Crippen molar-refractivity contribution in [3.8, 4) is 0 Å². The zero-order valence-electron chi connectivity index (χ0n) is 10.7. The minimum Gasteiger partial charge on any atom is -0.324 e. The summed E-state index contributed by atoms with van der Waals surface area (Å²) in [7, 11) is 0. The summed E-state index contributed by atoms with van der Waals surface area (Å²) >= 11 is 5.87. The maximum Gasteiger partial charge on any atom is 0.238 e. The SMILES string of the molecule is C[C@@H]1CNCCN1CC(=O)Nc1ccc(F)cc1Cl. The molecule has 0 unspecified atom stereocenters. The first kappa shape index (κ1) is 14.2. The van der Waals surface area contributed by atoms with E-state index in [0.717, 1.165) is 19.6 Å². The van der Waals surface area contributed by atoms with Crippen molar-refractivity contribution in [3.63, 3.8) is 0 Å². The van der Waals surface area contributed by atoms with Crippen LogP contribution in [0.1, 0.15) is 6.92 Å². The second-order valence-electron chi connectivity index (χ2n) is 4.70. The van der Waals surface area contributed by atoms with Crippen molar-refractivity contribution < 1.29 is 9.18 Å². The van der Waals surface area contributed by atoms with E-state index in [1.54, 1.807) is 0 Å². The van der Waals surface area contributed by atoms with Gasteiger partial charge in [0.05, 0.1) is 17.3 Å². The first-order valence-electron chi connectivity index (χ1n) is 6.26. The van der Waals surface area contributed by atoms with Crippen molar-refractivity contribution >= 4 is 23.2 Å². The molecule has 1 aromatic rings. The molecule has 1 aromatic carbocycles. The van der Waals surface area contributed by atoms with Crippen LogP contribution in [0.2, 0.25) is 5.02 Å². The number of piperazine rings is 1. The third kappa shape index (κ3) is 3.89. The van der Waals surface area contributed by atoms with Crippen LogP contribution < -0.4 is 10.6 Å². The van der Waals surface area contributed by atoms with Gasteiger partial charge in [-0.05, 0) is 25.1 Å². The van der Waals surface area contributed by atoms with E-state index in [2.05, 4.69) is 22.5 Å². The molecule has 1 fully saturated rings. The summed E-state index contributed by atoms with van der Waals surface area (Å²) in [5, 5.41) is 6.18. The molecule has 0 aromatic heterocycles. The first-order chi connectivity index (χ1) is 9.06. The zero-order chi connectivity index (χ0) is 13.8. The molecule has 2 rings (SSSR count). The lowest BCUT2D eigenvalue weighted by atomic mass is 10.2. The van der Waals surface area contributed by atoms with Crippen LogP contribution in [-0.4, -0.2) is 43.0 Å². The topological polar surface area (TPSA) is 44.4 Å². The van der Waals surface area contributed by atoms with E-state index in [1.807, 2.05) is 0 Å². The summed E-state index contributed by atoms with van der Waals surface area (Å²) in [5.74, 6) is -0.555. The van der Waals surface area contributed by atoms with Crippen LogP contribution in [0, 0.1) is 5.82 Å². The molecule has 1 heterocycles. The average Bonchev–Trinajstić information content (AvgIpc) is 2.36. The van der Waals surface area contributed by atoms with E-state index in [9.17, 15) is 9.18 Å². The largest absolute Gasteiger partial charge is 0.324 e. The molecule has 0 aliphatic carbocycles. The number of rotatable bonds is 3. The second-order valence-corrected chi connectivity index (χ2v) is 5.10. The highest BCUT2D eigenvalue weighted by molar-refractivity contribution is 6.33. The number of nitrogens with zero attached hydrogens (tertiary/aromatic N) is 1. The Bertz CT molecular complexity index is 469. The summed E-state index contributed by atoms with van der Waals surface area (Å²) in [6.45, 7) is 4.99. The van der Waals surface area contributed by atoms with E-state index in [1.165, 1.54) is 18.2 Å². The van der Waals surface area contributed by atoms with Gasteiger partial charge in [-0.3, -0.25) is 9.69 Å². The number of carbonyl (C=O) groups excluding carboxylic acids is 1. The van der Waals surface area contributed by atoms with Crippen molar-refractivity contribution in [2.45, 2.75) is 13.0 Å². The summed E-state index contributed by atoms with van der Waals surface area (Å²) in [4.78, 5) is 14.0. The first-order valence-corrected chi connectivity index (χ1v) is 6.64. The van der Waals surface area contributed by atoms with Gasteiger partial charge < -0.3 is 10.6 Å². The Kier molecular flexibility index (Phi) is 4.74. The summed E-state index contributed by atoms with van der Waals surface area (Å²) < 4.78 is 12.9. The minimum atomic E-state index is -0.418. The molecule has 2 N–H and O–H groups in total. The van der Waals surface area contributed by atoms with Gasteiger partial charge >= 0.3 is 0 Å². The van der Waals surface area contributed by atoms with Crippen molar-refractivity contribution in [2.24, 2.45) is 0 Å². The highest BCUT2D eigenvalue weighted by Crippen LogP contribution is 2.22. The van der Waals surface area contributed by atoms with Crippen LogP contribution in [0.15, 0.2) is 18.2 Å². The quantitative estimate of drug-likeness (QED) is 0.889. The molecule has 0 radical (unpaired) electrons. The molecule has 104 valence electrons. The molecule has 0 bridgehead atoms. The molecular weight excluding hydrogens is 269 g/mol. The van der Waals surface area contributed by atoms with Gasteiger partial charge in [-0.2, -0.15) is 0 Å². The Balaban J connectivity index is 1.93. The number of benzene rings is 1. The number of hydrogen-bond donors (Lipinski definition) is 2. The van der Waals surface area contributed by atoms with Crippen LogP contribution in [0.25, 0.3) is 0 Å². The predicted octanol–water partition coefficient (Wildman–Crippen LogP) is 1.71. The molecular formula is C13H17ClFN3O. The van der Waals surface area contributed by atoms with Crippen LogP contribution in [0.5, 0.6) is 0 Å². The van der Waals surface area contributed by atoms with Gasteiger partial charge in [0.15, 0.2) is 0 Å². The van der Waals surface area contributed by atoms with Crippen molar-refractivity contribution in [1.82, 2.24) is 10.2 Å². The molecule has 0 spiro atoms. The normalized spacial score (nSPS) is 20.3. The summed E-state index contributed by atoms with van der Waals surface area (Å²) in [6, 6.07) is 4.25. The number of anilines is 1. The van der Waals surface area contributed by atoms with Gasteiger partial charge in [0.1, 0.15) is 5.82 Å². The third-order valence-corrected chi connectivity index (χ3v) is 3.50. The maximum absolute atomic E-state index is 12.9. The number of hydrogen-bond acceptors (Lipinski definition) is 3. The highest BCUT2D eigenvalue weighted by Gasteiger charge is 2.20. The van der Waals surface area contributed by atoms with E-state index < -0.39 is 5.82 Å². The molecule has 1 atom stereocenters. The number of nitrogens with one attached hydrogen (secondary N) is 2. The van der Waals surface area contributed by atoms with Gasteiger partial charge in [0.25, 0.3) is 0 Å². The third-order valence-electron chi connectivity index (χ3n) is 3.19. The average molecular weight is 286 g/mol. The fourth-order valence-electron chi connectivity index (χ4n) is 2.08. The minimum absolute atomic E-state index is 0.137. The number of amides is 1. The van der Waals surface area contributed by atoms with Gasteiger partial charge in [-0.25, -0.2) is 4.39 Å². The molecule has 6 heteroatoms. The second kappa shape index (κ2) is 6.32. The van der Waals surface area contributed by atoms with E-state index in [-0.39, 0.29) is 10.9 Å². The van der Waals surface area contributed by atoms with Crippen molar-refractivity contribution in [2.75, 3.05) is 31.5 Å². The monoisotopic (exact) mass is 285 g/mol. The van der Waals surface area contributed by atoms with E-state index in [4.69, 9.17) is 11.6 Å². The highest BCUT2D eigenvalue weighted by atomic mass is 35.5. The lowest BCUT2D eigenvalue weighted by molar-refractivity contribution is -0.118. The lowest BCUT2D eigenvalue weighted by Crippen LogP contribution is -2.51. The molecule has 0 saturated carbocycles. The maximum atomic E-state index is 12.9. The van der Waals surface area contributed by atoms with Crippen LogP contribution in [0.4, 0.5) is 10.1 Å². The standard InChI is InChI=1S/C13H17ClFN3O/c1-9-7-16-4-5-18(9)8-13(19)17-12-3-2-10(15)6-11(12)14/h2-3,6,9,16H,4-5,7-8H2,1H3,(H,17,19)/t9-/m1/s1. The summed E-state index contributed by atoms with van der Waals surface area (Å²) in [6.07, 6.45) is 0.